The summed E-state index contributed by atoms with van der Waals surface area (Å²) in [6.07, 6.45) is 3.49. The number of nitrogens with two attached hydrogens (primary N) is 1. The van der Waals surface area contributed by atoms with Gasteiger partial charge in [-0.25, -0.2) is 0 Å². The molecule has 2 unspecified atom stereocenters. The highest BCUT2D eigenvalue weighted by Gasteiger charge is 2.26. The van der Waals surface area contributed by atoms with E-state index in [1.807, 2.05) is 0 Å². The summed E-state index contributed by atoms with van der Waals surface area (Å²) < 4.78 is 5.27. The average molecular weight is 258 g/mol. The van der Waals surface area contributed by atoms with Gasteiger partial charge in [0.2, 0.25) is 5.91 Å². The number of ether oxygens (including phenoxy) is 1. The van der Waals surface area contributed by atoms with Crippen LogP contribution in [0.1, 0.15) is 32.6 Å². The molecule has 1 rings (SSSR count). The fourth-order valence-electron chi connectivity index (χ4n) is 2.39. The van der Waals surface area contributed by atoms with Gasteiger partial charge in [-0.1, -0.05) is 13.3 Å². The van der Waals surface area contributed by atoms with Crippen LogP contribution >= 0.6 is 0 Å². The van der Waals surface area contributed by atoms with Crippen molar-refractivity contribution in [2.75, 3.05) is 32.9 Å². The maximum Gasteiger partial charge on any atom is 0.223 e. The fourth-order valence-corrected chi connectivity index (χ4v) is 2.39. The summed E-state index contributed by atoms with van der Waals surface area (Å²) in [5.41, 5.74) is 5.55. The third-order valence-corrected chi connectivity index (χ3v) is 3.68. The zero-order chi connectivity index (χ0) is 13.4. The molecule has 5 nitrogen and oxygen atoms in total. The Morgan fingerprint density at radius 1 is 1.56 bits per heavy atom. The normalized spacial score (nSPS) is 21.9. The maximum atomic E-state index is 12.1. The number of amides is 1. The molecule has 1 amide bonds. The van der Waals surface area contributed by atoms with Gasteiger partial charge in [0.05, 0.1) is 25.9 Å². The van der Waals surface area contributed by atoms with E-state index in [-0.39, 0.29) is 18.6 Å². The maximum absolute atomic E-state index is 12.1. The van der Waals surface area contributed by atoms with Gasteiger partial charge in [-0.15, -0.1) is 0 Å². The van der Waals surface area contributed by atoms with E-state index in [9.17, 15) is 9.90 Å². The fraction of sp³-hybridized carbons (Fsp3) is 0.923. The first kappa shape index (κ1) is 15.4. The van der Waals surface area contributed by atoms with Crippen LogP contribution in [0.15, 0.2) is 0 Å². The van der Waals surface area contributed by atoms with Crippen LogP contribution in [-0.2, 0) is 9.53 Å². The van der Waals surface area contributed by atoms with E-state index < -0.39 is 0 Å². The van der Waals surface area contributed by atoms with Crippen LogP contribution in [0.5, 0.6) is 0 Å². The number of carbonyl (C=O) groups excluding carboxylic acids is 1. The molecule has 0 spiro atoms. The molecule has 0 radical (unpaired) electrons. The Hall–Kier alpha value is -0.650. The molecule has 1 fully saturated rings. The van der Waals surface area contributed by atoms with E-state index in [0.29, 0.717) is 38.6 Å². The molecule has 1 heterocycles. The zero-order valence-electron chi connectivity index (χ0n) is 11.3. The van der Waals surface area contributed by atoms with Crippen molar-refractivity contribution in [2.45, 2.75) is 38.6 Å². The van der Waals surface area contributed by atoms with Crippen molar-refractivity contribution in [2.24, 2.45) is 11.7 Å². The highest BCUT2D eigenvalue weighted by molar-refractivity contribution is 5.76. The van der Waals surface area contributed by atoms with Gasteiger partial charge in [0.25, 0.3) is 0 Å². The summed E-state index contributed by atoms with van der Waals surface area (Å²) in [6.45, 7) is 4.41. The second-order valence-electron chi connectivity index (χ2n) is 4.89. The minimum absolute atomic E-state index is 0.0221. The lowest BCUT2D eigenvalue weighted by Crippen LogP contribution is -2.50. The van der Waals surface area contributed by atoms with Crippen molar-refractivity contribution in [3.63, 3.8) is 0 Å². The molecular weight excluding hydrogens is 232 g/mol. The second kappa shape index (κ2) is 8.45. The average Bonchev–Trinajstić information content (AvgIpc) is 2.42. The summed E-state index contributed by atoms with van der Waals surface area (Å²) in [5, 5.41) is 9.23. The quantitative estimate of drug-likeness (QED) is 0.691. The number of aliphatic hydroxyl groups is 1. The topological polar surface area (TPSA) is 75.8 Å². The molecule has 0 aromatic carbocycles. The van der Waals surface area contributed by atoms with Gasteiger partial charge in [-0.2, -0.15) is 0 Å². The molecular formula is C13H26N2O3. The minimum atomic E-state index is -0.166. The smallest absolute Gasteiger partial charge is 0.223 e. The molecule has 1 aliphatic heterocycles. The largest absolute Gasteiger partial charge is 0.394 e. The summed E-state index contributed by atoms with van der Waals surface area (Å²) in [6, 6.07) is -0.166. The summed E-state index contributed by atoms with van der Waals surface area (Å²) >= 11 is 0. The molecule has 5 heteroatoms. The molecule has 1 saturated heterocycles. The Labute approximate surface area is 109 Å². The summed E-state index contributed by atoms with van der Waals surface area (Å²) in [7, 11) is 0. The van der Waals surface area contributed by atoms with Gasteiger partial charge in [-0.05, 0) is 25.3 Å². The minimum Gasteiger partial charge on any atom is -0.394 e. The van der Waals surface area contributed by atoms with Crippen LogP contribution in [0.4, 0.5) is 0 Å². The van der Waals surface area contributed by atoms with Gasteiger partial charge in [0.1, 0.15) is 0 Å². The highest BCUT2D eigenvalue weighted by Crippen LogP contribution is 2.17. The van der Waals surface area contributed by atoms with Crippen LogP contribution in [0, 0.1) is 5.92 Å². The van der Waals surface area contributed by atoms with Crippen LogP contribution < -0.4 is 5.73 Å². The van der Waals surface area contributed by atoms with Crippen LogP contribution in [0.2, 0.25) is 0 Å². The molecule has 0 aromatic heterocycles. The van der Waals surface area contributed by atoms with E-state index in [0.717, 1.165) is 19.3 Å². The second-order valence-corrected chi connectivity index (χ2v) is 4.89. The van der Waals surface area contributed by atoms with Gasteiger partial charge >= 0.3 is 0 Å². The standard InChI is InChI=1S/C13H26N2O3/c1-2-11(5-6-14)3-4-13(17)15-7-8-18-10-12(15)9-16/h11-12,16H,2-10,14H2,1H3. The zero-order valence-corrected chi connectivity index (χ0v) is 11.3. The Morgan fingerprint density at radius 2 is 2.33 bits per heavy atom. The van der Waals surface area contributed by atoms with Crippen molar-refractivity contribution in [3.8, 4) is 0 Å². The number of aliphatic hydroxyl groups excluding tert-OH is 1. The van der Waals surface area contributed by atoms with Gasteiger partial charge < -0.3 is 20.5 Å². The summed E-state index contributed by atoms with van der Waals surface area (Å²) in [4.78, 5) is 13.9. The molecule has 1 aliphatic rings. The molecule has 2 atom stereocenters. The Morgan fingerprint density at radius 3 is 2.94 bits per heavy atom. The first-order chi connectivity index (χ1) is 8.72. The third kappa shape index (κ3) is 4.55. The highest BCUT2D eigenvalue weighted by atomic mass is 16.5. The molecule has 18 heavy (non-hydrogen) atoms. The molecule has 3 N–H and O–H groups in total. The van der Waals surface area contributed by atoms with Gasteiger partial charge in [0, 0.05) is 13.0 Å². The van der Waals surface area contributed by atoms with Crippen molar-refractivity contribution in [1.82, 2.24) is 4.90 Å². The number of hydrogen-bond donors (Lipinski definition) is 2. The first-order valence-electron chi connectivity index (χ1n) is 6.91. The molecule has 0 bridgehead atoms. The Balaban J connectivity index is 2.38. The number of nitrogens with zero attached hydrogens (tertiary/aromatic N) is 1. The molecule has 106 valence electrons. The first-order valence-corrected chi connectivity index (χ1v) is 6.91. The molecule has 0 aliphatic carbocycles. The van der Waals surface area contributed by atoms with E-state index in [1.165, 1.54) is 0 Å². The molecule has 0 saturated carbocycles. The SMILES string of the molecule is CCC(CCN)CCC(=O)N1CCOCC1CO. The van der Waals surface area contributed by atoms with E-state index in [1.54, 1.807) is 4.90 Å². The number of morpholine rings is 1. The van der Waals surface area contributed by atoms with Crippen LogP contribution in [0.3, 0.4) is 0 Å². The van der Waals surface area contributed by atoms with Gasteiger partial charge in [0.15, 0.2) is 0 Å². The number of hydrogen-bond acceptors (Lipinski definition) is 4. The van der Waals surface area contributed by atoms with E-state index >= 15 is 0 Å². The van der Waals surface area contributed by atoms with Crippen molar-refractivity contribution >= 4 is 5.91 Å². The predicted molar refractivity (Wildman–Crippen MR) is 70.1 cm³/mol. The lowest BCUT2D eigenvalue weighted by Gasteiger charge is -2.34. The Bertz CT molecular complexity index is 248. The summed E-state index contributed by atoms with van der Waals surface area (Å²) in [5.74, 6) is 0.667. The lowest BCUT2D eigenvalue weighted by molar-refractivity contribution is -0.141. The van der Waals surface area contributed by atoms with Crippen molar-refractivity contribution < 1.29 is 14.6 Å². The predicted octanol–water partition coefficient (Wildman–Crippen LogP) is 0.361. The number of rotatable bonds is 7. The van der Waals surface area contributed by atoms with Crippen LogP contribution in [0.25, 0.3) is 0 Å². The van der Waals surface area contributed by atoms with Crippen molar-refractivity contribution in [3.05, 3.63) is 0 Å². The monoisotopic (exact) mass is 258 g/mol. The Kier molecular flexibility index (Phi) is 7.23. The lowest BCUT2D eigenvalue weighted by atomic mass is 9.96. The number of carbonyl (C=O) groups is 1. The third-order valence-electron chi connectivity index (χ3n) is 3.68. The molecule has 0 aromatic rings. The van der Waals surface area contributed by atoms with Crippen molar-refractivity contribution in [1.29, 1.82) is 0 Å². The van der Waals surface area contributed by atoms with E-state index in [2.05, 4.69) is 6.92 Å². The van der Waals surface area contributed by atoms with Crippen LogP contribution in [-0.4, -0.2) is 54.9 Å². The van der Waals surface area contributed by atoms with Gasteiger partial charge in [-0.3, -0.25) is 4.79 Å². The van der Waals surface area contributed by atoms with E-state index in [4.69, 9.17) is 10.5 Å².